The van der Waals surface area contributed by atoms with E-state index in [1.807, 2.05) is 0 Å². The number of ether oxygens (including phenoxy) is 1. The molecule has 0 unspecified atom stereocenters. The third-order valence-corrected chi connectivity index (χ3v) is 3.56. The quantitative estimate of drug-likeness (QED) is 0.820. The van der Waals surface area contributed by atoms with Crippen LogP contribution in [0.4, 0.5) is 11.4 Å². The highest BCUT2D eigenvalue weighted by molar-refractivity contribution is 9.10. The van der Waals surface area contributed by atoms with Crippen LogP contribution in [0, 0.1) is 0 Å². The van der Waals surface area contributed by atoms with E-state index in [9.17, 15) is 4.79 Å². The Hall–Kier alpha value is -1.72. The number of hydrogen-bond donors (Lipinski definition) is 2. The zero-order chi connectivity index (χ0) is 14.7. The van der Waals surface area contributed by atoms with Gasteiger partial charge in [0.2, 0.25) is 0 Å². The minimum atomic E-state index is -0.308. The van der Waals surface area contributed by atoms with E-state index in [1.165, 1.54) is 7.11 Å². The minimum absolute atomic E-state index is 0.308. The van der Waals surface area contributed by atoms with E-state index in [1.54, 1.807) is 36.4 Å². The van der Waals surface area contributed by atoms with Crippen molar-refractivity contribution in [3.05, 3.63) is 51.5 Å². The summed E-state index contributed by atoms with van der Waals surface area (Å²) in [6.07, 6.45) is 0. The molecule has 104 valence electrons. The molecule has 0 saturated carbocycles. The molecule has 3 N–H and O–H groups in total. The van der Waals surface area contributed by atoms with Gasteiger partial charge >= 0.3 is 0 Å². The van der Waals surface area contributed by atoms with Crippen molar-refractivity contribution in [2.75, 3.05) is 18.2 Å². The average molecular weight is 356 g/mol. The Labute approximate surface area is 130 Å². The number of nitrogen functional groups attached to an aromatic ring is 1. The van der Waals surface area contributed by atoms with Gasteiger partial charge in [-0.15, -0.1) is 0 Å². The standard InChI is InChI=1S/C14H12BrClN2O2/c1-20-13-9(3-2-4-11(13)17)14(19)18-12-6-5-8(16)7-10(12)15/h2-7H,17H2,1H3,(H,18,19). The number of carbonyl (C=O) groups excluding carboxylic acids is 1. The molecule has 2 aromatic rings. The summed E-state index contributed by atoms with van der Waals surface area (Å²) in [6.45, 7) is 0. The summed E-state index contributed by atoms with van der Waals surface area (Å²) >= 11 is 9.20. The summed E-state index contributed by atoms with van der Waals surface area (Å²) in [5, 5.41) is 3.36. The van der Waals surface area contributed by atoms with Crippen molar-refractivity contribution in [2.24, 2.45) is 0 Å². The summed E-state index contributed by atoms with van der Waals surface area (Å²) in [6, 6.07) is 10.1. The Bertz CT molecular complexity index is 662. The molecule has 0 aliphatic rings. The number of rotatable bonds is 3. The van der Waals surface area contributed by atoms with Gasteiger partial charge in [0.05, 0.1) is 24.0 Å². The van der Waals surface area contributed by atoms with Gasteiger partial charge in [-0.1, -0.05) is 17.7 Å². The number of benzene rings is 2. The second kappa shape index (κ2) is 6.15. The van der Waals surface area contributed by atoms with Gasteiger partial charge in [-0.05, 0) is 46.3 Å². The van der Waals surface area contributed by atoms with E-state index >= 15 is 0 Å². The van der Waals surface area contributed by atoms with Crippen molar-refractivity contribution in [3.8, 4) is 5.75 Å². The molecule has 0 aliphatic carbocycles. The highest BCUT2D eigenvalue weighted by Crippen LogP contribution is 2.29. The largest absolute Gasteiger partial charge is 0.494 e. The highest BCUT2D eigenvalue weighted by atomic mass is 79.9. The molecular formula is C14H12BrClN2O2. The number of amides is 1. The van der Waals surface area contributed by atoms with Gasteiger partial charge in [-0.25, -0.2) is 0 Å². The lowest BCUT2D eigenvalue weighted by Gasteiger charge is -2.12. The van der Waals surface area contributed by atoms with Crippen LogP contribution in [0.15, 0.2) is 40.9 Å². The van der Waals surface area contributed by atoms with Gasteiger partial charge in [0.25, 0.3) is 5.91 Å². The van der Waals surface area contributed by atoms with Crippen molar-refractivity contribution in [3.63, 3.8) is 0 Å². The SMILES string of the molecule is COc1c(N)cccc1C(=O)Nc1ccc(Cl)cc1Br. The van der Waals surface area contributed by atoms with E-state index in [2.05, 4.69) is 21.2 Å². The van der Waals surface area contributed by atoms with E-state index < -0.39 is 0 Å². The third kappa shape index (κ3) is 3.05. The smallest absolute Gasteiger partial charge is 0.259 e. The van der Waals surface area contributed by atoms with Crippen LogP contribution in [0.2, 0.25) is 5.02 Å². The molecule has 0 radical (unpaired) electrons. The highest BCUT2D eigenvalue weighted by Gasteiger charge is 2.15. The molecule has 0 saturated heterocycles. The van der Waals surface area contributed by atoms with Crippen LogP contribution in [0.25, 0.3) is 0 Å². The van der Waals surface area contributed by atoms with Crippen molar-refractivity contribution in [1.82, 2.24) is 0 Å². The van der Waals surface area contributed by atoms with Gasteiger partial charge in [-0.3, -0.25) is 4.79 Å². The van der Waals surface area contributed by atoms with Crippen molar-refractivity contribution >= 4 is 44.8 Å². The first-order chi connectivity index (χ1) is 9.52. The lowest BCUT2D eigenvalue weighted by Crippen LogP contribution is -2.14. The molecule has 6 heteroatoms. The Balaban J connectivity index is 2.31. The minimum Gasteiger partial charge on any atom is -0.494 e. The second-order valence-corrected chi connectivity index (χ2v) is 5.30. The molecule has 0 atom stereocenters. The average Bonchev–Trinajstić information content (AvgIpc) is 2.41. The molecule has 0 heterocycles. The normalized spacial score (nSPS) is 10.2. The summed E-state index contributed by atoms with van der Waals surface area (Å²) < 4.78 is 5.86. The first kappa shape index (κ1) is 14.7. The summed E-state index contributed by atoms with van der Waals surface area (Å²) in [5.41, 5.74) is 7.18. The van der Waals surface area contributed by atoms with Crippen molar-refractivity contribution < 1.29 is 9.53 Å². The molecule has 0 bridgehead atoms. The van der Waals surface area contributed by atoms with Gasteiger partial charge in [-0.2, -0.15) is 0 Å². The predicted molar refractivity (Wildman–Crippen MR) is 84.5 cm³/mol. The lowest BCUT2D eigenvalue weighted by atomic mass is 10.1. The fourth-order valence-electron chi connectivity index (χ4n) is 1.74. The molecular weight excluding hydrogens is 344 g/mol. The zero-order valence-corrected chi connectivity index (χ0v) is 13.0. The lowest BCUT2D eigenvalue weighted by molar-refractivity contribution is 0.102. The Kier molecular flexibility index (Phi) is 4.52. The summed E-state index contributed by atoms with van der Waals surface area (Å²) in [4.78, 5) is 12.3. The number of halogens is 2. The van der Waals surface area contributed by atoms with Crippen LogP contribution in [0.3, 0.4) is 0 Å². The fraction of sp³-hybridized carbons (Fsp3) is 0.0714. The van der Waals surface area contributed by atoms with Crippen LogP contribution in [0.1, 0.15) is 10.4 Å². The fourth-order valence-corrected chi connectivity index (χ4v) is 2.52. The number of hydrogen-bond acceptors (Lipinski definition) is 3. The maximum Gasteiger partial charge on any atom is 0.259 e. The van der Waals surface area contributed by atoms with Crippen LogP contribution < -0.4 is 15.8 Å². The van der Waals surface area contributed by atoms with Gasteiger partial charge < -0.3 is 15.8 Å². The molecule has 0 aromatic heterocycles. The summed E-state index contributed by atoms with van der Waals surface area (Å²) in [5.74, 6) is 0.0484. The van der Waals surface area contributed by atoms with E-state index in [0.29, 0.717) is 32.2 Å². The van der Waals surface area contributed by atoms with Gasteiger partial charge in [0.1, 0.15) is 0 Å². The molecule has 0 fully saturated rings. The topological polar surface area (TPSA) is 64.3 Å². The van der Waals surface area contributed by atoms with Crippen LogP contribution in [-0.2, 0) is 0 Å². The first-order valence-electron chi connectivity index (χ1n) is 5.72. The Morgan fingerprint density at radius 3 is 2.75 bits per heavy atom. The van der Waals surface area contributed by atoms with Gasteiger partial charge in [0, 0.05) is 9.50 Å². The maximum absolute atomic E-state index is 12.3. The first-order valence-corrected chi connectivity index (χ1v) is 6.89. The number of anilines is 2. The van der Waals surface area contributed by atoms with Crippen LogP contribution in [0.5, 0.6) is 5.75 Å². The van der Waals surface area contributed by atoms with Crippen LogP contribution >= 0.6 is 27.5 Å². The number of carbonyl (C=O) groups is 1. The number of nitrogens with two attached hydrogens (primary N) is 1. The van der Waals surface area contributed by atoms with Crippen LogP contribution in [-0.4, -0.2) is 13.0 Å². The number of nitrogens with one attached hydrogen (secondary N) is 1. The molecule has 20 heavy (non-hydrogen) atoms. The number of methoxy groups -OCH3 is 1. The Morgan fingerprint density at radius 2 is 2.10 bits per heavy atom. The van der Waals surface area contributed by atoms with Crippen molar-refractivity contribution in [1.29, 1.82) is 0 Å². The summed E-state index contributed by atoms with van der Waals surface area (Å²) in [7, 11) is 1.47. The Morgan fingerprint density at radius 1 is 1.35 bits per heavy atom. The van der Waals surface area contributed by atoms with E-state index in [0.717, 1.165) is 0 Å². The van der Waals surface area contributed by atoms with Crippen molar-refractivity contribution in [2.45, 2.75) is 0 Å². The molecule has 0 spiro atoms. The molecule has 0 aliphatic heterocycles. The van der Waals surface area contributed by atoms with Gasteiger partial charge in [0.15, 0.2) is 5.75 Å². The molecule has 1 amide bonds. The molecule has 4 nitrogen and oxygen atoms in total. The van der Waals surface area contributed by atoms with E-state index in [4.69, 9.17) is 22.1 Å². The third-order valence-electron chi connectivity index (χ3n) is 2.67. The maximum atomic E-state index is 12.3. The monoisotopic (exact) mass is 354 g/mol. The van der Waals surface area contributed by atoms with E-state index in [-0.39, 0.29) is 5.91 Å². The zero-order valence-electron chi connectivity index (χ0n) is 10.6. The second-order valence-electron chi connectivity index (χ2n) is 4.01. The molecule has 2 aromatic carbocycles. The molecule has 2 rings (SSSR count). The predicted octanol–water partition coefficient (Wildman–Crippen LogP) is 3.95. The number of para-hydroxylation sites is 1.